The second-order valence-electron chi connectivity index (χ2n) is 5.38. The van der Waals surface area contributed by atoms with E-state index in [0.29, 0.717) is 19.1 Å². The highest BCUT2D eigenvalue weighted by Crippen LogP contribution is 2.27. The first-order valence-electron chi connectivity index (χ1n) is 7.21. The zero-order chi connectivity index (χ0) is 13.9. The van der Waals surface area contributed by atoms with E-state index in [1.54, 1.807) is 11.7 Å². The van der Waals surface area contributed by atoms with Crippen molar-refractivity contribution >= 4 is 23.4 Å². The Morgan fingerprint density at radius 1 is 1.33 bits per heavy atom. The first kappa shape index (κ1) is 16.1. The predicted octanol–water partition coefficient (Wildman–Crippen LogP) is 1.86. The number of benzene rings is 1. The van der Waals surface area contributed by atoms with E-state index in [-0.39, 0.29) is 18.1 Å². The number of ether oxygens (including phenoxy) is 1. The molecule has 2 aromatic rings. The normalized spacial score (nSPS) is 16.0. The molecule has 2 heterocycles. The van der Waals surface area contributed by atoms with E-state index >= 15 is 0 Å². The van der Waals surface area contributed by atoms with Gasteiger partial charge in [0.2, 0.25) is 0 Å². The fourth-order valence-corrected chi connectivity index (χ4v) is 2.98. The Bertz CT molecular complexity index is 644. The van der Waals surface area contributed by atoms with Crippen molar-refractivity contribution in [1.82, 2.24) is 14.9 Å². The monoisotopic (exact) mass is 311 g/mol. The maximum Gasteiger partial charge on any atom is 0.326 e. The van der Waals surface area contributed by atoms with Crippen molar-refractivity contribution in [2.75, 3.05) is 26.8 Å². The zero-order valence-electron chi connectivity index (χ0n) is 12.2. The summed E-state index contributed by atoms with van der Waals surface area (Å²) in [6.07, 6.45) is 2.33. The molecule has 0 saturated carbocycles. The molecule has 6 heteroatoms. The van der Waals surface area contributed by atoms with Crippen LogP contribution in [0.25, 0.3) is 11.0 Å². The van der Waals surface area contributed by atoms with Gasteiger partial charge in [-0.05, 0) is 49.5 Å². The van der Waals surface area contributed by atoms with Crippen LogP contribution in [0.5, 0.6) is 0 Å². The molecule has 21 heavy (non-hydrogen) atoms. The fraction of sp³-hybridized carbons (Fsp3) is 0.533. The van der Waals surface area contributed by atoms with E-state index in [0.717, 1.165) is 37.0 Å². The molecule has 0 radical (unpaired) electrons. The maximum absolute atomic E-state index is 12.0. The number of methoxy groups -OCH3 is 1. The lowest BCUT2D eigenvalue weighted by Crippen LogP contribution is -2.26. The smallest absolute Gasteiger partial charge is 0.326 e. The number of fused-ring (bicyclic) bond motifs is 1. The van der Waals surface area contributed by atoms with Gasteiger partial charge in [0, 0.05) is 7.11 Å². The molecule has 2 N–H and O–H groups in total. The minimum Gasteiger partial charge on any atom is -0.383 e. The van der Waals surface area contributed by atoms with Crippen LogP contribution in [0.1, 0.15) is 24.3 Å². The van der Waals surface area contributed by atoms with Gasteiger partial charge in [0.05, 0.1) is 24.2 Å². The minimum atomic E-state index is -0.0560. The van der Waals surface area contributed by atoms with E-state index in [4.69, 9.17) is 4.74 Å². The standard InChI is InChI=1S/C15H21N3O2.ClH/c1-20-9-8-18-14-10-12(11-4-6-16-7-5-11)2-3-13(14)17-15(18)19;/h2-3,10-11,16H,4-9H2,1H3,(H,17,19);1H. The number of piperidine rings is 1. The summed E-state index contributed by atoms with van der Waals surface area (Å²) in [5.41, 5.74) is 3.18. The second kappa shape index (κ2) is 7.11. The first-order chi connectivity index (χ1) is 9.79. The van der Waals surface area contributed by atoms with E-state index in [1.165, 1.54) is 5.56 Å². The summed E-state index contributed by atoms with van der Waals surface area (Å²) in [5, 5.41) is 3.39. The van der Waals surface area contributed by atoms with E-state index in [9.17, 15) is 4.79 Å². The molecule has 1 fully saturated rings. The van der Waals surface area contributed by atoms with Crippen molar-refractivity contribution < 1.29 is 4.74 Å². The number of H-pyrrole nitrogens is 1. The molecule has 0 unspecified atom stereocenters. The Morgan fingerprint density at radius 2 is 2.10 bits per heavy atom. The Labute approximate surface area is 130 Å². The number of aromatic amines is 1. The molecule has 1 aliphatic heterocycles. The van der Waals surface area contributed by atoms with Gasteiger partial charge in [0.15, 0.2) is 0 Å². The molecular weight excluding hydrogens is 290 g/mol. The van der Waals surface area contributed by atoms with Crippen molar-refractivity contribution in [3.8, 4) is 0 Å². The number of halogens is 1. The molecule has 116 valence electrons. The van der Waals surface area contributed by atoms with Crippen molar-refractivity contribution in [3.63, 3.8) is 0 Å². The quantitative estimate of drug-likeness (QED) is 0.906. The van der Waals surface area contributed by atoms with Crippen LogP contribution in [0.3, 0.4) is 0 Å². The third-order valence-electron chi connectivity index (χ3n) is 4.13. The summed E-state index contributed by atoms with van der Waals surface area (Å²) >= 11 is 0. The number of hydrogen-bond acceptors (Lipinski definition) is 3. The van der Waals surface area contributed by atoms with Crippen LogP contribution in [0.2, 0.25) is 0 Å². The number of hydrogen-bond donors (Lipinski definition) is 2. The van der Waals surface area contributed by atoms with Crippen LogP contribution in [0.4, 0.5) is 0 Å². The Morgan fingerprint density at radius 3 is 2.81 bits per heavy atom. The third-order valence-corrected chi connectivity index (χ3v) is 4.13. The first-order valence-corrected chi connectivity index (χ1v) is 7.21. The minimum absolute atomic E-state index is 0. The van der Waals surface area contributed by atoms with Crippen LogP contribution in [-0.4, -0.2) is 36.4 Å². The molecule has 3 rings (SSSR count). The van der Waals surface area contributed by atoms with Gasteiger partial charge >= 0.3 is 5.69 Å². The molecular formula is C15H22ClN3O2. The fourth-order valence-electron chi connectivity index (χ4n) is 2.98. The maximum atomic E-state index is 12.0. The van der Waals surface area contributed by atoms with Crippen LogP contribution < -0.4 is 11.0 Å². The summed E-state index contributed by atoms with van der Waals surface area (Å²) < 4.78 is 6.85. The highest BCUT2D eigenvalue weighted by atomic mass is 35.5. The molecule has 5 nitrogen and oxygen atoms in total. The number of nitrogens with one attached hydrogen (secondary N) is 2. The van der Waals surface area contributed by atoms with Crippen LogP contribution in [0, 0.1) is 0 Å². The average Bonchev–Trinajstić information content (AvgIpc) is 2.80. The van der Waals surface area contributed by atoms with Gasteiger partial charge in [0.1, 0.15) is 0 Å². The van der Waals surface area contributed by atoms with Crippen molar-refractivity contribution in [3.05, 3.63) is 34.2 Å². The van der Waals surface area contributed by atoms with E-state index in [1.807, 2.05) is 6.07 Å². The molecule has 0 aliphatic carbocycles. The lowest BCUT2D eigenvalue weighted by atomic mass is 9.90. The number of rotatable bonds is 4. The molecule has 0 spiro atoms. The van der Waals surface area contributed by atoms with Gasteiger partial charge in [-0.1, -0.05) is 6.07 Å². The van der Waals surface area contributed by atoms with Crippen molar-refractivity contribution in [1.29, 1.82) is 0 Å². The highest BCUT2D eigenvalue weighted by Gasteiger charge is 2.16. The SMILES string of the molecule is COCCn1c(=O)[nH]c2ccc(C3CCNCC3)cc21.Cl. The predicted molar refractivity (Wildman–Crippen MR) is 86.5 cm³/mol. The number of imidazole rings is 1. The molecule has 1 aromatic carbocycles. The lowest BCUT2D eigenvalue weighted by Gasteiger charge is -2.23. The summed E-state index contributed by atoms with van der Waals surface area (Å²) in [6.45, 7) is 3.29. The highest BCUT2D eigenvalue weighted by molar-refractivity contribution is 5.85. The average molecular weight is 312 g/mol. The van der Waals surface area contributed by atoms with Crippen molar-refractivity contribution in [2.45, 2.75) is 25.3 Å². The third kappa shape index (κ3) is 3.31. The number of nitrogens with zero attached hydrogens (tertiary/aromatic N) is 1. The Kier molecular flexibility index (Phi) is 5.45. The van der Waals surface area contributed by atoms with Gasteiger partial charge in [0.25, 0.3) is 0 Å². The Hall–Kier alpha value is -1.30. The van der Waals surface area contributed by atoms with E-state index < -0.39 is 0 Å². The topological polar surface area (TPSA) is 59.0 Å². The van der Waals surface area contributed by atoms with Gasteiger partial charge in [-0.2, -0.15) is 0 Å². The van der Waals surface area contributed by atoms with Crippen LogP contribution in [0.15, 0.2) is 23.0 Å². The largest absolute Gasteiger partial charge is 0.383 e. The Balaban J connectivity index is 0.00000161. The van der Waals surface area contributed by atoms with Gasteiger partial charge in [-0.15, -0.1) is 12.4 Å². The van der Waals surface area contributed by atoms with Gasteiger partial charge in [-0.25, -0.2) is 4.79 Å². The van der Waals surface area contributed by atoms with Gasteiger partial charge < -0.3 is 15.0 Å². The molecule has 1 aromatic heterocycles. The molecule has 0 bridgehead atoms. The van der Waals surface area contributed by atoms with Gasteiger partial charge in [-0.3, -0.25) is 4.57 Å². The van der Waals surface area contributed by atoms with E-state index in [2.05, 4.69) is 22.4 Å². The van der Waals surface area contributed by atoms with Crippen molar-refractivity contribution in [2.24, 2.45) is 0 Å². The summed E-state index contributed by atoms with van der Waals surface area (Å²) in [7, 11) is 1.65. The summed E-state index contributed by atoms with van der Waals surface area (Å²) in [4.78, 5) is 14.9. The van der Waals surface area contributed by atoms with Crippen LogP contribution >= 0.6 is 12.4 Å². The summed E-state index contributed by atoms with van der Waals surface area (Å²) in [5.74, 6) is 0.599. The molecule has 1 aliphatic rings. The lowest BCUT2D eigenvalue weighted by molar-refractivity contribution is 0.187. The molecule has 1 saturated heterocycles. The van der Waals surface area contributed by atoms with Crippen LogP contribution in [-0.2, 0) is 11.3 Å². The second-order valence-corrected chi connectivity index (χ2v) is 5.38. The number of aromatic nitrogens is 2. The molecule has 0 atom stereocenters. The summed E-state index contributed by atoms with van der Waals surface area (Å²) in [6, 6.07) is 6.34. The molecule has 0 amide bonds. The zero-order valence-corrected chi connectivity index (χ0v) is 13.0.